The van der Waals surface area contributed by atoms with Crippen LogP contribution in [0, 0.1) is 5.92 Å². The van der Waals surface area contributed by atoms with E-state index in [0.717, 1.165) is 11.1 Å². The third-order valence-corrected chi connectivity index (χ3v) is 8.08. The predicted molar refractivity (Wildman–Crippen MR) is 161 cm³/mol. The smallest absolute Gasteiger partial charge is 0.243 e. The standard InChI is InChI=1S/C29H30Cl4N2O2S/c1-19(2)15-34-29(37)27(13-20-7-4-3-5-8-20)35(16-21-11-12-22(30)14-26(21)33)28(36)18-38-17-23-24(31)9-6-10-25(23)32/h3-12,14,19,27H,13,15-18H2,1-2H3,(H,34,37)/t27-/m1/s1. The summed E-state index contributed by atoms with van der Waals surface area (Å²) in [6, 6.07) is 19.4. The molecule has 3 aromatic rings. The summed E-state index contributed by atoms with van der Waals surface area (Å²) in [4.78, 5) is 28.9. The maximum atomic E-state index is 13.8. The number of nitrogens with zero attached hydrogens (tertiary/aromatic N) is 1. The van der Waals surface area contributed by atoms with E-state index in [0.29, 0.717) is 44.4 Å². The van der Waals surface area contributed by atoms with Crippen LogP contribution in [0.2, 0.25) is 20.1 Å². The van der Waals surface area contributed by atoms with Gasteiger partial charge in [0.25, 0.3) is 0 Å². The molecule has 0 spiro atoms. The fourth-order valence-electron chi connectivity index (χ4n) is 3.80. The predicted octanol–water partition coefficient (Wildman–Crippen LogP) is 7.95. The zero-order valence-corrected chi connectivity index (χ0v) is 25.1. The Balaban J connectivity index is 1.89. The molecular weight excluding hydrogens is 582 g/mol. The van der Waals surface area contributed by atoms with E-state index in [1.165, 1.54) is 11.8 Å². The average Bonchev–Trinajstić information content (AvgIpc) is 2.88. The fourth-order valence-corrected chi connectivity index (χ4v) is 5.92. The molecular formula is C29H30Cl4N2O2S. The van der Waals surface area contributed by atoms with E-state index >= 15 is 0 Å². The fraction of sp³-hybridized carbons (Fsp3) is 0.310. The Hall–Kier alpha value is -1.89. The van der Waals surface area contributed by atoms with Gasteiger partial charge in [0.15, 0.2) is 0 Å². The van der Waals surface area contributed by atoms with Crippen LogP contribution in [0.1, 0.15) is 30.5 Å². The van der Waals surface area contributed by atoms with Crippen molar-refractivity contribution in [2.75, 3.05) is 12.3 Å². The van der Waals surface area contributed by atoms with Crippen molar-refractivity contribution in [1.82, 2.24) is 10.2 Å². The second-order valence-corrected chi connectivity index (χ2v) is 11.9. The van der Waals surface area contributed by atoms with Crippen LogP contribution in [0.15, 0.2) is 66.7 Å². The van der Waals surface area contributed by atoms with Crippen LogP contribution in [0.3, 0.4) is 0 Å². The topological polar surface area (TPSA) is 49.4 Å². The van der Waals surface area contributed by atoms with Gasteiger partial charge in [0.05, 0.1) is 5.75 Å². The largest absolute Gasteiger partial charge is 0.354 e. The molecule has 0 aliphatic carbocycles. The molecule has 0 saturated carbocycles. The Labute approximate surface area is 249 Å². The number of thioether (sulfide) groups is 1. The number of nitrogens with one attached hydrogen (secondary N) is 1. The lowest BCUT2D eigenvalue weighted by Crippen LogP contribution is -2.51. The van der Waals surface area contributed by atoms with E-state index in [1.54, 1.807) is 41.3 Å². The van der Waals surface area contributed by atoms with Crippen LogP contribution >= 0.6 is 58.2 Å². The first-order valence-electron chi connectivity index (χ1n) is 12.2. The Kier molecular flexibility index (Phi) is 12.1. The molecule has 0 aromatic heterocycles. The summed E-state index contributed by atoms with van der Waals surface area (Å²) < 4.78 is 0. The molecule has 1 N–H and O–H groups in total. The highest BCUT2D eigenvalue weighted by Gasteiger charge is 2.31. The van der Waals surface area contributed by atoms with Gasteiger partial charge in [0, 0.05) is 45.4 Å². The van der Waals surface area contributed by atoms with Crippen LogP contribution in [-0.4, -0.2) is 35.1 Å². The summed E-state index contributed by atoms with van der Waals surface area (Å²) in [7, 11) is 0. The van der Waals surface area contributed by atoms with E-state index < -0.39 is 6.04 Å². The molecule has 0 bridgehead atoms. The van der Waals surface area contributed by atoms with Gasteiger partial charge in [-0.15, -0.1) is 11.8 Å². The first kappa shape index (κ1) is 30.6. The van der Waals surface area contributed by atoms with Crippen LogP contribution in [-0.2, 0) is 28.3 Å². The number of rotatable bonds is 12. The summed E-state index contributed by atoms with van der Waals surface area (Å²) in [5.74, 6) is 0.463. The molecule has 202 valence electrons. The van der Waals surface area contributed by atoms with E-state index in [4.69, 9.17) is 46.4 Å². The Morgan fingerprint density at radius 3 is 2.21 bits per heavy atom. The quantitative estimate of drug-likeness (QED) is 0.226. The molecule has 0 aliphatic rings. The van der Waals surface area contributed by atoms with E-state index in [1.807, 2.05) is 44.2 Å². The van der Waals surface area contributed by atoms with E-state index in [9.17, 15) is 9.59 Å². The summed E-state index contributed by atoms with van der Waals surface area (Å²) in [5.41, 5.74) is 2.43. The number of hydrogen-bond acceptors (Lipinski definition) is 3. The summed E-state index contributed by atoms with van der Waals surface area (Å²) in [6.07, 6.45) is 0.364. The average molecular weight is 612 g/mol. The molecule has 0 saturated heterocycles. The van der Waals surface area contributed by atoms with Crippen LogP contribution < -0.4 is 5.32 Å². The van der Waals surface area contributed by atoms with Gasteiger partial charge in [-0.25, -0.2) is 0 Å². The highest BCUT2D eigenvalue weighted by molar-refractivity contribution is 7.99. The van der Waals surface area contributed by atoms with Crippen molar-refractivity contribution in [2.45, 2.75) is 38.6 Å². The highest BCUT2D eigenvalue weighted by atomic mass is 35.5. The molecule has 3 rings (SSSR count). The first-order valence-corrected chi connectivity index (χ1v) is 14.9. The zero-order chi connectivity index (χ0) is 27.7. The number of halogens is 4. The SMILES string of the molecule is CC(C)CNC(=O)[C@@H](Cc1ccccc1)N(Cc1ccc(Cl)cc1Cl)C(=O)CSCc1c(Cl)cccc1Cl. The van der Waals surface area contributed by atoms with E-state index in [2.05, 4.69) is 5.32 Å². The molecule has 3 aromatic carbocycles. The first-order chi connectivity index (χ1) is 18.2. The van der Waals surface area contributed by atoms with Gasteiger partial charge < -0.3 is 10.2 Å². The van der Waals surface area contributed by atoms with Crippen molar-refractivity contribution < 1.29 is 9.59 Å². The van der Waals surface area contributed by atoms with Gasteiger partial charge in [0.2, 0.25) is 11.8 Å². The monoisotopic (exact) mass is 610 g/mol. The van der Waals surface area contributed by atoms with Crippen molar-refractivity contribution >= 4 is 70.0 Å². The number of hydrogen-bond donors (Lipinski definition) is 1. The lowest BCUT2D eigenvalue weighted by atomic mass is 10.0. The van der Waals surface area contributed by atoms with Gasteiger partial charge in [-0.1, -0.05) is 103 Å². The van der Waals surface area contributed by atoms with Crippen molar-refractivity contribution in [1.29, 1.82) is 0 Å². The van der Waals surface area contributed by atoms with Crippen LogP contribution in [0.4, 0.5) is 0 Å². The maximum Gasteiger partial charge on any atom is 0.243 e. The number of carbonyl (C=O) groups excluding carboxylic acids is 2. The third-order valence-electron chi connectivity index (χ3n) is 5.85. The summed E-state index contributed by atoms with van der Waals surface area (Å²) >= 11 is 26.6. The second-order valence-electron chi connectivity index (χ2n) is 9.29. The van der Waals surface area contributed by atoms with Crippen molar-refractivity contribution in [3.05, 3.63) is 104 Å². The third kappa shape index (κ3) is 9.10. The summed E-state index contributed by atoms with van der Waals surface area (Å²) in [5, 5.41) is 5.06. The summed E-state index contributed by atoms with van der Waals surface area (Å²) in [6.45, 7) is 4.72. The number of benzene rings is 3. The van der Waals surface area contributed by atoms with Crippen molar-refractivity contribution in [3.8, 4) is 0 Å². The van der Waals surface area contributed by atoms with Crippen molar-refractivity contribution in [3.63, 3.8) is 0 Å². The van der Waals surface area contributed by atoms with Gasteiger partial charge in [0.1, 0.15) is 6.04 Å². The molecule has 0 radical (unpaired) electrons. The van der Waals surface area contributed by atoms with E-state index in [-0.39, 0.29) is 30.0 Å². The molecule has 38 heavy (non-hydrogen) atoms. The Bertz CT molecular complexity index is 1220. The van der Waals surface area contributed by atoms with Crippen LogP contribution in [0.5, 0.6) is 0 Å². The normalized spacial score (nSPS) is 11.9. The Morgan fingerprint density at radius 1 is 0.895 bits per heavy atom. The molecule has 4 nitrogen and oxygen atoms in total. The van der Waals surface area contributed by atoms with Gasteiger partial charge in [-0.2, -0.15) is 0 Å². The highest BCUT2D eigenvalue weighted by Crippen LogP contribution is 2.29. The van der Waals surface area contributed by atoms with Gasteiger partial charge in [-0.3, -0.25) is 9.59 Å². The zero-order valence-electron chi connectivity index (χ0n) is 21.2. The van der Waals surface area contributed by atoms with Crippen LogP contribution in [0.25, 0.3) is 0 Å². The Morgan fingerprint density at radius 2 is 1.58 bits per heavy atom. The minimum absolute atomic E-state index is 0.134. The molecule has 0 unspecified atom stereocenters. The van der Waals surface area contributed by atoms with Crippen molar-refractivity contribution in [2.24, 2.45) is 5.92 Å². The number of amides is 2. The van der Waals surface area contributed by atoms with Gasteiger partial charge >= 0.3 is 0 Å². The minimum Gasteiger partial charge on any atom is -0.354 e. The second kappa shape index (κ2) is 15.0. The molecule has 1 atom stereocenters. The number of carbonyl (C=O) groups is 2. The lowest BCUT2D eigenvalue weighted by molar-refractivity contribution is -0.139. The molecule has 2 amide bonds. The molecule has 0 aliphatic heterocycles. The molecule has 0 heterocycles. The lowest BCUT2D eigenvalue weighted by Gasteiger charge is -2.32. The van der Waals surface area contributed by atoms with Gasteiger partial charge in [-0.05, 0) is 46.9 Å². The maximum absolute atomic E-state index is 13.8. The minimum atomic E-state index is -0.736. The molecule has 9 heteroatoms. The molecule has 0 fully saturated rings.